The van der Waals surface area contributed by atoms with Gasteiger partial charge in [0, 0.05) is 37.1 Å². The van der Waals surface area contributed by atoms with Crippen molar-refractivity contribution in [2.45, 2.75) is 19.8 Å². The maximum Gasteiger partial charge on any atom is 0.258 e. The molecular weight excluding hydrogens is 272 g/mol. The Morgan fingerprint density at radius 2 is 1.73 bits per heavy atom. The number of aryl methyl sites for hydroxylation is 1. The van der Waals surface area contributed by atoms with Crippen LogP contribution in [-0.2, 0) is 0 Å². The molecule has 1 amide bonds. The van der Waals surface area contributed by atoms with Crippen LogP contribution in [0.15, 0.2) is 48.5 Å². The molecule has 1 aliphatic heterocycles. The van der Waals surface area contributed by atoms with Crippen molar-refractivity contribution in [2.75, 3.05) is 29.9 Å². The van der Waals surface area contributed by atoms with Crippen molar-refractivity contribution >= 4 is 17.3 Å². The number of benzene rings is 2. The Bertz CT molecular complexity index is 657. The lowest BCUT2D eigenvalue weighted by Crippen LogP contribution is -2.26. The van der Waals surface area contributed by atoms with Crippen LogP contribution in [0.1, 0.15) is 28.8 Å². The molecule has 0 atom stereocenters. The van der Waals surface area contributed by atoms with Gasteiger partial charge in [-0.25, -0.2) is 0 Å². The fraction of sp³-hybridized carbons (Fsp3) is 0.316. The van der Waals surface area contributed by atoms with Crippen LogP contribution in [0.2, 0.25) is 0 Å². The molecule has 3 heteroatoms. The third-order valence-electron chi connectivity index (χ3n) is 4.28. The summed E-state index contributed by atoms with van der Waals surface area (Å²) in [5.74, 6) is 0.0256. The van der Waals surface area contributed by atoms with Crippen molar-refractivity contribution < 1.29 is 4.79 Å². The smallest absolute Gasteiger partial charge is 0.258 e. The zero-order valence-electron chi connectivity index (χ0n) is 13.2. The predicted octanol–water partition coefficient (Wildman–Crippen LogP) is 3.87. The lowest BCUT2D eigenvalue weighted by atomic mass is 10.1. The maximum atomic E-state index is 12.6. The van der Waals surface area contributed by atoms with Gasteiger partial charge in [0.05, 0.1) is 0 Å². The number of anilines is 2. The standard InChI is InChI=1S/C19H22N2O/c1-15-6-5-7-16(14-15)19(22)20(2)17-8-10-18(11-9-17)21-12-3-4-13-21/h5-11,14H,3-4,12-13H2,1-2H3. The van der Waals surface area contributed by atoms with E-state index in [4.69, 9.17) is 0 Å². The summed E-state index contributed by atoms with van der Waals surface area (Å²) < 4.78 is 0. The molecule has 1 aliphatic rings. The summed E-state index contributed by atoms with van der Waals surface area (Å²) in [5.41, 5.74) is 4.00. The summed E-state index contributed by atoms with van der Waals surface area (Å²) in [6.45, 7) is 4.27. The molecule has 22 heavy (non-hydrogen) atoms. The second-order valence-corrected chi connectivity index (χ2v) is 5.94. The van der Waals surface area contributed by atoms with Gasteiger partial charge in [-0.05, 0) is 56.2 Å². The molecule has 1 heterocycles. The van der Waals surface area contributed by atoms with Gasteiger partial charge in [0.15, 0.2) is 0 Å². The quantitative estimate of drug-likeness (QED) is 0.858. The molecule has 2 aromatic carbocycles. The van der Waals surface area contributed by atoms with E-state index in [2.05, 4.69) is 17.0 Å². The van der Waals surface area contributed by atoms with Gasteiger partial charge in [0.2, 0.25) is 0 Å². The third kappa shape index (κ3) is 2.98. The fourth-order valence-corrected chi connectivity index (χ4v) is 2.95. The van der Waals surface area contributed by atoms with E-state index in [1.54, 1.807) is 4.90 Å². The molecule has 0 bridgehead atoms. The minimum Gasteiger partial charge on any atom is -0.372 e. The number of nitrogens with zero attached hydrogens (tertiary/aromatic N) is 2. The molecule has 0 N–H and O–H groups in total. The zero-order valence-corrected chi connectivity index (χ0v) is 13.2. The van der Waals surface area contributed by atoms with Crippen molar-refractivity contribution in [2.24, 2.45) is 0 Å². The second kappa shape index (κ2) is 6.22. The van der Waals surface area contributed by atoms with Crippen molar-refractivity contribution in [3.05, 3.63) is 59.7 Å². The molecule has 114 valence electrons. The van der Waals surface area contributed by atoms with E-state index in [-0.39, 0.29) is 5.91 Å². The van der Waals surface area contributed by atoms with Gasteiger partial charge in [0.1, 0.15) is 0 Å². The van der Waals surface area contributed by atoms with Gasteiger partial charge in [-0.15, -0.1) is 0 Å². The van der Waals surface area contributed by atoms with Crippen LogP contribution in [0, 0.1) is 6.92 Å². The first-order valence-electron chi connectivity index (χ1n) is 7.85. The van der Waals surface area contributed by atoms with Gasteiger partial charge in [-0.1, -0.05) is 17.7 Å². The third-order valence-corrected chi connectivity index (χ3v) is 4.28. The summed E-state index contributed by atoms with van der Waals surface area (Å²) >= 11 is 0. The number of hydrogen-bond acceptors (Lipinski definition) is 2. The highest BCUT2D eigenvalue weighted by atomic mass is 16.2. The van der Waals surface area contributed by atoms with E-state index < -0.39 is 0 Å². The lowest BCUT2D eigenvalue weighted by molar-refractivity contribution is 0.0993. The molecule has 1 saturated heterocycles. The molecule has 0 aliphatic carbocycles. The molecular formula is C19H22N2O. The van der Waals surface area contributed by atoms with E-state index in [1.807, 2.05) is 50.4 Å². The second-order valence-electron chi connectivity index (χ2n) is 5.94. The average molecular weight is 294 g/mol. The van der Waals surface area contributed by atoms with Crippen LogP contribution in [0.3, 0.4) is 0 Å². The van der Waals surface area contributed by atoms with Crippen molar-refractivity contribution in [3.63, 3.8) is 0 Å². The zero-order chi connectivity index (χ0) is 15.5. The van der Waals surface area contributed by atoms with E-state index in [0.717, 1.165) is 29.9 Å². The molecule has 0 unspecified atom stereocenters. The van der Waals surface area contributed by atoms with E-state index in [1.165, 1.54) is 18.5 Å². The minimum atomic E-state index is 0.0256. The Balaban J connectivity index is 1.76. The van der Waals surface area contributed by atoms with Gasteiger partial charge >= 0.3 is 0 Å². The monoisotopic (exact) mass is 294 g/mol. The molecule has 0 saturated carbocycles. The topological polar surface area (TPSA) is 23.6 Å². The Labute approximate surface area is 132 Å². The van der Waals surface area contributed by atoms with Crippen LogP contribution in [0.25, 0.3) is 0 Å². The van der Waals surface area contributed by atoms with Crippen molar-refractivity contribution in [1.29, 1.82) is 0 Å². The van der Waals surface area contributed by atoms with E-state index >= 15 is 0 Å². The van der Waals surface area contributed by atoms with E-state index in [0.29, 0.717) is 0 Å². The Hall–Kier alpha value is -2.29. The Kier molecular flexibility index (Phi) is 4.14. The molecule has 2 aromatic rings. The lowest BCUT2D eigenvalue weighted by Gasteiger charge is -2.21. The van der Waals surface area contributed by atoms with Gasteiger partial charge in [-0.3, -0.25) is 4.79 Å². The van der Waals surface area contributed by atoms with Gasteiger partial charge < -0.3 is 9.80 Å². The molecule has 0 radical (unpaired) electrons. The number of carbonyl (C=O) groups excluding carboxylic acids is 1. The predicted molar refractivity (Wildman–Crippen MR) is 91.8 cm³/mol. The molecule has 0 spiro atoms. The number of hydrogen-bond donors (Lipinski definition) is 0. The van der Waals surface area contributed by atoms with Crippen LogP contribution in [-0.4, -0.2) is 26.0 Å². The normalized spacial score (nSPS) is 14.2. The highest BCUT2D eigenvalue weighted by molar-refractivity contribution is 6.05. The number of carbonyl (C=O) groups is 1. The first kappa shape index (κ1) is 14.6. The number of rotatable bonds is 3. The van der Waals surface area contributed by atoms with Gasteiger partial charge in [0.25, 0.3) is 5.91 Å². The number of amides is 1. The molecule has 1 fully saturated rings. The minimum absolute atomic E-state index is 0.0256. The van der Waals surface area contributed by atoms with Crippen LogP contribution < -0.4 is 9.80 Å². The van der Waals surface area contributed by atoms with Crippen molar-refractivity contribution in [1.82, 2.24) is 0 Å². The molecule has 3 rings (SSSR count). The molecule has 0 aromatic heterocycles. The fourth-order valence-electron chi connectivity index (χ4n) is 2.95. The highest BCUT2D eigenvalue weighted by Gasteiger charge is 2.15. The highest BCUT2D eigenvalue weighted by Crippen LogP contribution is 2.24. The summed E-state index contributed by atoms with van der Waals surface area (Å²) in [5, 5.41) is 0. The maximum absolute atomic E-state index is 12.6. The van der Waals surface area contributed by atoms with Gasteiger partial charge in [-0.2, -0.15) is 0 Å². The largest absolute Gasteiger partial charge is 0.372 e. The Morgan fingerprint density at radius 3 is 2.36 bits per heavy atom. The summed E-state index contributed by atoms with van der Waals surface area (Å²) in [7, 11) is 1.83. The summed E-state index contributed by atoms with van der Waals surface area (Å²) in [6, 6.07) is 16.0. The first-order chi connectivity index (χ1) is 10.6. The summed E-state index contributed by atoms with van der Waals surface area (Å²) in [6.07, 6.45) is 2.54. The SMILES string of the molecule is Cc1cccc(C(=O)N(C)c2ccc(N3CCCC3)cc2)c1. The van der Waals surface area contributed by atoms with E-state index in [9.17, 15) is 4.79 Å². The van der Waals surface area contributed by atoms with Crippen LogP contribution in [0.4, 0.5) is 11.4 Å². The first-order valence-corrected chi connectivity index (χ1v) is 7.85. The van der Waals surface area contributed by atoms with Crippen molar-refractivity contribution in [3.8, 4) is 0 Å². The van der Waals surface area contributed by atoms with Crippen LogP contribution in [0.5, 0.6) is 0 Å². The van der Waals surface area contributed by atoms with Crippen LogP contribution >= 0.6 is 0 Å². The average Bonchev–Trinajstić information content (AvgIpc) is 3.08. The Morgan fingerprint density at radius 1 is 1.05 bits per heavy atom. The molecule has 3 nitrogen and oxygen atoms in total. The summed E-state index contributed by atoms with van der Waals surface area (Å²) in [4.78, 5) is 16.7.